The van der Waals surface area contributed by atoms with Gasteiger partial charge < -0.3 is 9.47 Å². The molecule has 0 aliphatic heterocycles. The highest BCUT2D eigenvalue weighted by Crippen LogP contribution is 2.22. The van der Waals surface area contributed by atoms with Gasteiger partial charge in [0.15, 0.2) is 0 Å². The van der Waals surface area contributed by atoms with Crippen LogP contribution in [-0.4, -0.2) is 18.5 Å². The summed E-state index contributed by atoms with van der Waals surface area (Å²) in [7, 11) is 0. The van der Waals surface area contributed by atoms with E-state index >= 15 is 0 Å². The van der Waals surface area contributed by atoms with Crippen molar-refractivity contribution in [3.8, 4) is 0 Å². The molecule has 98 valence electrons. The molecule has 0 heterocycles. The zero-order valence-electron chi connectivity index (χ0n) is 10.7. The van der Waals surface area contributed by atoms with Crippen LogP contribution in [0.25, 0.3) is 0 Å². The number of hydrogen-bond donors (Lipinski definition) is 0. The van der Waals surface area contributed by atoms with E-state index in [1.807, 2.05) is 30.3 Å². The van der Waals surface area contributed by atoms with Gasteiger partial charge in [-0.25, -0.2) is 0 Å². The molecule has 0 spiro atoms. The maximum Gasteiger partial charge on any atom is 0.303 e. The molecule has 0 amide bonds. The minimum absolute atomic E-state index is 0.278. The van der Waals surface area contributed by atoms with Crippen molar-refractivity contribution in [3.63, 3.8) is 0 Å². The maximum atomic E-state index is 11.1. The van der Waals surface area contributed by atoms with Crippen LogP contribution in [0.1, 0.15) is 38.4 Å². The van der Waals surface area contributed by atoms with Gasteiger partial charge in [0, 0.05) is 13.8 Å². The molecule has 0 bridgehead atoms. The average Bonchev–Trinajstić information content (AvgIpc) is 2.33. The molecule has 0 N–H and O–H groups in total. The van der Waals surface area contributed by atoms with E-state index in [4.69, 9.17) is 9.47 Å². The molecule has 1 aromatic rings. The van der Waals surface area contributed by atoms with E-state index in [1.165, 1.54) is 13.8 Å². The highest BCUT2D eigenvalue weighted by Gasteiger charge is 2.14. The Morgan fingerprint density at radius 3 is 2.33 bits per heavy atom. The molecule has 0 aliphatic carbocycles. The normalized spacial score (nSPS) is 11.7. The van der Waals surface area contributed by atoms with E-state index in [0.717, 1.165) is 5.56 Å². The second-order valence-electron chi connectivity index (χ2n) is 3.99. The van der Waals surface area contributed by atoms with Gasteiger partial charge in [0.25, 0.3) is 0 Å². The van der Waals surface area contributed by atoms with Crippen LogP contribution in [0.5, 0.6) is 0 Å². The number of rotatable bonds is 6. The van der Waals surface area contributed by atoms with Crippen LogP contribution in [0.2, 0.25) is 0 Å². The zero-order valence-corrected chi connectivity index (χ0v) is 10.7. The minimum atomic E-state index is -0.309. The van der Waals surface area contributed by atoms with Crippen LogP contribution in [0.4, 0.5) is 0 Å². The molecule has 1 aromatic carbocycles. The van der Waals surface area contributed by atoms with Gasteiger partial charge in [-0.15, -0.1) is 0 Å². The first kappa shape index (κ1) is 14.2. The summed E-state index contributed by atoms with van der Waals surface area (Å²) >= 11 is 0. The van der Waals surface area contributed by atoms with Crippen LogP contribution in [0.15, 0.2) is 30.3 Å². The molecular formula is C14H18O4. The Morgan fingerprint density at radius 1 is 1.11 bits per heavy atom. The second kappa shape index (κ2) is 7.48. The van der Waals surface area contributed by atoms with Crippen molar-refractivity contribution in [3.05, 3.63) is 35.9 Å². The standard InChI is InChI=1S/C14H18O4/c1-11(15)17-10-6-9-14(18-12(2)16)13-7-4-3-5-8-13/h3-5,7-8,14H,6,9-10H2,1-2H3/t14-/m1/s1. The summed E-state index contributed by atoms with van der Waals surface area (Å²) in [5.41, 5.74) is 0.954. The van der Waals surface area contributed by atoms with Gasteiger partial charge in [-0.3, -0.25) is 9.59 Å². The summed E-state index contributed by atoms with van der Waals surface area (Å²) in [4.78, 5) is 21.7. The Morgan fingerprint density at radius 2 is 1.78 bits per heavy atom. The van der Waals surface area contributed by atoms with E-state index in [9.17, 15) is 9.59 Å². The summed E-state index contributed by atoms with van der Waals surface area (Å²) in [5, 5.41) is 0. The maximum absolute atomic E-state index is 11.1. The lowest BCUT2D eigenvalue weighted by Crippen LogP contribution is -2.10. The van der Waals surface area contributed by atoms with Crippen LogP contribution < -0.4 is 0 Å². The first-order valence-electron chi connectivity index (χ1n) is 5.95. The molecule has 0 saturated heterocycles. The van der Waals surface area contributed by atoms with Crippen LogP contribution in [0.3, 0.4) is 0 Å². The Kier molecular flexibility index (Phi) is 5.91. The van der Waals surface area contributed by atoms with Gasteiger partial charge in [0.2, 0.25) is 0 Å². The zero-order chi connectivity index (χ0) is 13.4. The first-order valence-corrected chi connectivity index (χ1v) is 5.95. The summed E-state index contributed by atoms with van der Waals surface area (Å²) in [6.07, 6.45) is 1.02. The summed E-state index contributed by atoms with van der Waals surface area (Å²) in [6, 6.07) is 9.54. The number of ether oxygens (including phenoxy) is 2. The molecule has 4 heteroatoms. The predicted octanol–water partition coefficient (Wildman–Crippen LogP) is 2.63. The van der Waals surface area contributed by atoms with Crippen LogP contribution >= 0.6 is 0 Å². The summed E-state index contributed by atoms with van der Waals surface area (Å²) in [5.74, 6) is -0.602. The van der Waals surface area contributed by atoms with Crippen LogP contribution in [0, 0.1) is 0 Å². The van der Waals surface area contributed by atoms with Gasteiger partial charge in [-0.1, -0.05) is 30.3 Å². The van der Waals surface area contributed by atoms with E-state index in [0.29, 0.717) is 19.4 Å². The largest absolute Gasteiger partial charge is 0.466 e. The fourth-order valence-electron chi connectivity index (χ4n) is 1.65. The molecule has 0 unspecified atom stereocenters. The van der Waals surface area contributed by atoms with E-state index in [1.54, 1.807) is 0 Å². The predicted molar refractivity (Wildman–Crippen MR) is 66.8 cm³/mol. The SMILES string of the molecule is CC(=O)OCCC[C@@H](OC(C)=O)c1ccccc1. The highest BCUT2D eigenvalue weighted by atomic mass is 16.5. The van der Waals surface area contributed by atoms with Gasteiger partial charge in [-0.2, -0.15) is 0 Å². The van der Waals surface area contributed by atoms with Crippen molar-refractivity contribution in [1.82, 2.24) is 0 Å². The van der Waals surface area contributed by atoms with Crippen molar-refractivity contribution < 1.29 is 19.1 Å². The first-order chi connectivity index (χ1) is 8.59. The Hall–Kier alpha value is -1.84. The smallest absolute Gasteiger partial charge is 0.303 e. The molecule has 0 fully saturated rings. The van der Waals surface area contributed by atoms with Crippen molar-refractivity contribution in [2.75, 3.05) is 6.61 Å². The Labute approximate surface area is 107 Å². The van der Waals surface area contributed by atoms with Gasteiger partial charge in [0.05, 0.1) is 6.61 Å². The summed E-state index contributed by atoms with van der Waals surface area (Å²) < 4.78 is 10.1. The summed E-state index contributed by atoms with van der Waals surface area (Å²) in [6.45, 7) is 3.11. The van der Waals surface area contributed by atoms with Gasteiger partial charge >= 0.3 is 11.9 Å². The topological polar surface area (TPSA) is 52.6 Å². The number of esters is 2. The van der Waals surface area contributed by atoms with Crippen molar-refractivity contribution in [2.45, 2.75) is 32.8 Å². The quantitative estimate of drug-likeness (QED) is 0.575. The third-order valence-electron chi connectivity index (χ3n) is 2.40. The molecule has 0 aliphatic rings. The molecule has 18 heavy (non-hydrogen) atoms. The number of carbonyl (C=O) groups excluding carboxylic acids is 2. The lowest BCUT2D eigenvalue weighted by atomic mass is 10.1. The molecule has 1 atom stereocenters. The van der Waals surface area contributed by atoms with E-state index in [-0.39, 0.29) is 18.0 Å². The van der Waals surface area contributed by atoms with Gasteiger partial charge in [-0.05, 0) is 18.4 Å². The molecular weight excluding hydrogens is 232 g/mol. The van der Waals surface area contributed by atoms with Crippen molar-refractivity contribution >= 4 is 11.9 Å². The fourth-order valence-corrected chi connectivity index (χ4v) is 1.65. The van der Waals surface area contributed by atoms with Crippen LogP contribution in [-0.2, 0) is 19.1 Å². The Bertz CT molecular complexity index is 386. The van der Waals surface area contributed by atoms with Crippen molar-refractivity contribution in [2.24, 2.45) is 0 Å². The van der Waals surface area contributed by atoms with E-state index < -0.39 is 0 Å². The minimum Gasteiger partial charge on any atom is -0.466 e. The monoisotopic (exact) mass is 250 g/mol. The third kappa shape index (κ3) is 5.48. The molecule has 4 nitrogen and oxygen atoms in total. The molecule has 0 aromatic heterocycles. The number of carbonyl (C=O) groups is 2. The third-order valence-corrected chi connectivity index (χ3v) is 2.40. The number of benzene rings is 1. The van der Waals surface area contributed by atoms with Gasteiger partial charge in [0.1, 0.15) is 6.10 Å². The van der Waals surface area contributed by atoms with Crippen molar-refractivity contribution in [1.29, 1.82) is 0 Å². The molecule has 1 rings (SSSR count). The van der Waals surface area contributed by atoms with E-state index in [2.05, 4.69) is 0 Å². The average molecular weight is 250 g/mol. The lowest BCUT2D eigenvalue weighted by molar-refractivity contribution is -0.148. The molecule has 0 saturated carbocycles. The highest BCUT2D eigenvalue weighted by molar-refractivity contribution is 5.66. The second-order valence-corrected chi connectivity index (χ2v) is 3.99. The number of hydrogen-bond acceptors (Lipinski definition) is 4. The Balaban J connectivity index is 2.51. The fraction of sp³-hybridized carbons (Fsp3) is 0.429. The lowest BCUT2D eigenvalue weighted by Gasteiger charge is -2.17. The molecule has 0 radical (unpaired) electrons.